The molecule has 12 heavy (non-hydrogen) atoms. The summed E-state index contributed by atoms with van der Waals surface area (Å²) in [5.41, 5.74) is 5.65. The van der Waals surface area contributed by atoms with Crippen LogP contribution in [-0.4, -0.2) is 57.7 Å². The van der Waals surface area contributed by atoms with Gasteiger partial charge in [0.15, 0.2) is 11.2 Å². The Morgan fingerprint density at radius 1 is 1.58 bits per heavy atom. The Labute approximate surface area is 99.6 Å². The third-order valence-electron chi connectivity index (χ3n) is 1.31. The fraction of sp³-hybridized carbons (Fsp3) is 0. The van der Waals surface area contributed by atoms with Crippen LogP contribution in [0.1, 0.15) is 2.85 Å². The third-order valence-corrected chi connectivity index (χ3v) is 1.31. The Hall–Kier alpha value is -0.590. The zero-order valence-corrected chi connectivity index (χ0v) is 8.37. The summed E-state index contributed by atoms with van der Waals surface area (Å²) < 4.78 is 0. The van der Waals surface area contributed by atoms with E-state index in [1.54, 1.807) is 0 Å². The Morgan fingerprint density at radius 2 is 2.33 bits per heavy atom. The van der Waals surface area contributed by atoms with E-state index in [0.717, 1.165) is 0 Å². The number of nitrogens with two attached hydrogens (primary N) is 1. The molecule has 2 aromatic rings. The zero-order valence-electron chi connectivity index (χ0n) is 8.16. The summed E-state index contributed by atoms with van der Waals surface area (Å²) in [6, 6.07) is 0. The van der Waals surface area contributed by atoms with Crippen molar-refractivity contribution < 1.29 is 2.85 Å². The molecule has 0 saturated heterocycles. The number of anilines is 1. The summed E-state index contributed by atoms with van der Waals surface area (Å²) in [6.45, 7) is 0. The van der Waals surface area contributed by atoms with Crippen molar-refractivity contribution in [3.63, 3.8) is 0 Å². The molecule has 0 spiro atoms. The van der Waals surface area contributed by atoms with Gasteiger partial charge in [0, 0.05) is 0 Å². The monoisotopic (exact) mass is 193 g/mol. The molecule has 0 amide bonds. The van der Waals surface area contributed by atoms with Gasteiger partial charge >= 0.3 is 37.7 Å². The second-order valence-corrected chi connectivity index (χ2v) is 2.05. The van der Waals surface area contributed by atoms with E-state index in [1.165, 1.54) is 6.33 Å². The van der Waals surface area contributed by atoms with Crippen molar-refractivity contribution in [3.8, 4) is 0 Å². The average Bonchev–Trinajstić information content (AvgIpc) is 2.34. The molecule has 7 heteroatoms. The second-order valence-electron chi connectivity index (χ2n) is 2.05. The van der Waals surface area contributed by atoms with Crippen molar-refractivity contribution in [1.82, 2.24) is 19.9 Å². The topological polar surface area (TPSA) is 100 Å². The number of nitrogen functional groups attached to an aromatic ring is 1. The standard InChI is InChI=1S/C5H5N5O.Ca.2H/c6-5-9-3-2(4(11)10-5)7-1-8-3;;;/h1H,(H4,6,7,8,9,10,11);;;/q;+2;2*-1. The molecule has 0 unspecified atom stereocenters. The summed E-state index contributed by atoms with van der Waals surface area (Å²) in [4.78, 5) is 23.5. The fourth-order valence-corrected chi connectivity index (χ4v) is 0.860. The van der Waals surface area contributed by atoms with Gasteiger partial charge in [0.1, 0.15) is 0 Å². The van der Waals surface area contributed by atoms with Gasteiger partial charge in [-0.15, -0.1) is 0 Å². The largest absolute Gasteiger partial charge is 2.00 e. The minimum Gasteiger partial charge on any atom is -1.00 e. The van der Waals surface area contributed by atoms with E-state index in [4.69, 9.17) is 5.73 Å². The number of nitrogens with zero attached hydrogens (tertiary/aromatic N) is 2. The van der Waals surface area contributed by atoms with Gasteiger partial charge < -0.3 is 13.6 Å². The molecule has 0 fully saturated rings. The first-order valence-corrected chi connectivity index (χ1v) is 2.96. The minimum absolute atomic E-state index is 0. The number of hydrogen-bond donors (Lipinski definition) is 3. The number of nitrogens with one attached hydrogen (secondary N) is 2. The maximum absolute atomic E-state index is 11.0. The molecule has 0 bridgehead atoms. The van der Waals surface area contributed by atoms with Gasteiger partial charge in [0.2, 0.25) is 5.95 Å². The van der Waals surface area contributed by atoms with Gasteiger partial charge in [-0.3, -0.25) is 9.78 Å². The summed E-state index contributed by atoms with van der Waals surface area (Å²) >= 11 is 0. The van der Waals surface area contributed by atoms with Gasteiger partial charge in [0.05, 0.1) is 6.33 Å². The minimum atomic E-state index is -0.301. The van der Waals surface area contributed by atoms with Gasteiger partial charge in [-0.25, -0.2) is 4.98 Å². The Balaban J connectivity index is 0. The zero-order chi connectivity index (χ0) is 7.84. The second kappa shape index (κ2) is 3.42. The molecule has 0 radical (unpaired) electrons. The van der Waals surface area contributed by atoms with Crippen molar-refractivity contribution in [1.29, 1.82) is 0 Å². The maximum atomic E-state index is 11.0. The third kappa shape index (κ3) is 1.45. The Morgan fingerprint density at radius 3 is 3.08 bits per heavy atom. The molecule has 0 aliphatic carbocycles. The van der Waals surface area contributed by atoms with E-state index in [9.17, 15) is 4.79 Å². The van der Waals surface area contributed by atoms with Crippen molar-refractivity contribution in [2.24, 2.45) is 0 Å². The van der Waals surface area contributed by atoms with Gasteiger partial charge in [-0.1, -0.05) is 0 Å². The number of aromatic amines is 2. The van der Waals surface area contributed by atoms with E-state index in [1.807, 2.05) is 0 Å². The quantitative estimate of drug-likeness (QED) is 0.471. The molecule has 0 aromatic carbocycles. The van der Waals surface area contributed by atoms with E-state index in [2.05, 4.69) is 19.9 Å². The molecule has 4 N–H and O–H groups in total. The van der Waals surface area contributed by atoms with Crippen LogP contribution in [0.5, 0.6) is 0 Å². The summed E-state index contributed by atoms with van der Waals surface area (Å²) in [7, 11) is 0. The van der Waals surface area contributed by atoms with Crippen LogP contribution in [0.15, 0.2) is 11.1 Å². The number of aromatic nitrogens is 4. The fourth-order valence-electron chi connectivity index (χ4n) is 0.860. The van der Waals surface area contributed by atoms with E-state index in [-0.39, 0.29) is 52.1 Å². The van der Waals surface area contributed by atoms with Crippen molar-refractivity contribution in [2.75, 3.05) is 5.73 Å². The van der Waals surface area contributed by atoms with Crippen molar-refractivity contribution in [2.45, 2.75) is 0 Å². The summed E-state index contributed by atoms with van der Waals surface area (Å²) in [5, 5.41) is 0. The SMILES string of the molecule is Nc1nc2nc[nH]c2c(=O)[nH]1.[Ca+2].[H-].[H-]. The number of fused-ring (bicyclic) bond motifs is 1. The molecule has 0 aliphatic rings. The van der Waals surface area contributed by atoms with Gasteiger partial charge in [-0.05, 0) is 0 Å². The molecular formula is C5H7CaN5O. The Bertz CT molecular complexity index is 455. The van der Waals surface area contributed by atoms with Crippen LogP contribution < -0.4 is 11.3 Å². The van der Waals surface area contributed by atoms with E-state index in [0.29, 0.717) is 11.2 Å². The number of hydrogen-bond acceptors (Lipinski definition) is 4. The molecule has 2 rings (SSSR count). The first-order valence-electron chi connectivity index (χ1n) is 2.96. The molecule has 0 aliphatic heterocycles. The molecule has 0 saturated carbocycles. The number of imidazole rings is 1. The number of rotatable bonds is 0. The van der Waals surface area contributed by atoms with Crippen LogP contribution in [-0.2, 0) is 0 Å². The molecule has 6 nitrogen and oxygen atoms in total. The molecule has 0 atom stereocenters. The van der Waals surface area contributed by atoms with E-state index < -0.39 is 0 Å². The first-order chi connectivity index (χ1) is 5.27. The maximum Gasteiger partial charge on any atom is 2.00 e. The van der Waals surface area contributed by atoms with Crippen LogP contribution in [0.25, 0.3) is 11.2 Å². The van der Waals surface area contributed by atoms with Crippen molar-refractivity contribution >= 4 is 54.9 Å². The molecule has 2 heterocycles. The van der Waals surface area contributed by atoms with Gasteiger partial charge in [0.25, 0.3) is 5.56 Å². The summed E-state index contributed by atoms with van der Waals surface area (Å²) in [5.74, 6) is 0.0783. The smallest absolute Gasteiger partial charge is 1.00 e. The van der Waals surface area contributed by atoms with Gasteiger partial charge in [-0.2, -0.15) is 4.98 Å². The van der Waals surface area contributed by atoms with Crippen molar-refractivity contribution in [3.05, 3.63) is 16.7 Å². The van der Waals surface area contributed by atoms with Crippen LogP contribution in [0.3, 0.4) is 0 Å². The Kier molecular flexibility index (Phi) is 2.71. The average molecular weight is 193 g/mol. The summed E-state index contributed by atoms with van der Waals surface area (Å²) in [6.07, 6.45) is 1.40. The first kappa shape index (κ1) is 9.50. The predicted octanol–water partition coefficient (Wildman–Crippen LogP) is -0.927. The predicted molar refractivity (Wildman–Crippen MR) is 46.9 cm³/mol. The normalized spacial score (nSPS) is 9.67. The van der Waals surface area contributed by atoms with E-state index >= 15 is 0 Å². The van der Waals surface area contributed by atoms with Crippen LogP contribution in [0.2, 0.25) is 0 Å². The van der Waals surface area contributed by atoms with Crippen LogP contribution >= 0.6 is 0 Å². The van der Waals surface area contributed by atoms with Crippen LogP contribution in [0.4, 0.5) is 5.95 Å². The molecule has 60 valence electrons. The molecular weight excluding hydrogens is 186 g/mol. The van der Waals surface area contributed by atoms with Crippen LogP contribution in [0, 0.1) is 0 Å². The number of H-pyrrole nitrogens is 2. The molecule has 2 aromatic heterocycles.